The zero-order valence-electron chi connectivity index (χ0n) is 13.0. The number of likely N-dealkylation sites (tertiary alicyclic amines) is 1. The van der Waals surface area contributed by atoms with E-state index in [-0.39, 0.29) is 29.8 Å². The second-order valence-electron chi connectivity index (χ2n) is 6.08. The van der Waals surface area contributed by atoms with Crippen LogP contribution < -0.4 is 0 Å². The van der Waals surface area contributed by atoms with Crippen molar-refractivity contribution in [2.24, 2.45) is 0 Å². The maximum Gasteiger partial charge on any atom is 0.236 e. The van der Waals surface area contributed by atoms with Crippen LogP contribution in [0.15, 0.2) is 24.3 Å². The van der Waals surface area contributed by atoms with E-state index in [1.165, 1.54) is 12.1 Å². The minimum absolute atomic E-state index is 0.0665. The largest absolute Gasteiger partial charge is 0.342 e. The third-order valence-corrected chi connectivity index (χ3v) is 6.84. The van der Waals surface area contributed by atoms with E-state index >= 15 is 0 Å². The Morgan fingerprint density at radius 2 is 2.04 bits per heavy atom. The fraction of sp³-hybridized carbons (Fsp3) is 0.500. The summed E-state index contributed by atoms with van der Waals surface area (Å²) in [6, 6.07) is 6.03. The molecule has 1 aromatic carbocycles. The number of carbonyl (C=O) groups excluding carboxylic acids is 2. The van der Waals surface area contributed by atoms with E-state index in [9.17, 15) is 18.2 Å². The van der Waals surface area contributed by atoms with Crippen LogP contribution in [0, 0.1) is 5.82 Å². The number of piperidine rings is 1. The predicted octanol–water partition coefficient (Wildman–Crippen LogP) is 0.908. The molecule has 0 radical (unpaired) electrons. The van der Waals surface area contributed by atoms with Gasteiger partial charge in [0.05, 0.1) is 17.2 Å². The lowest BCUT2D eigenvalue weighted by Crippen LogP contribution is -2.54. The van der Waals surface area contributed by atoms with Gasteiger partial charge < -0.3 is 9.80 Å². The van der Waals surface area contributed by atoms with Crippen molar-refractivity contribution in [3.8, 4) is 0 Å². The second kappa shape index (κ2) is 6.03. The van der Waals surface area contributed by atoms with E-state index in [0.717, 1.165) is 0 Å². The molecule has 124 valence electrons. The molecule has 5 nitrogen and oxygen atoms in total. The van der Waals surface area contributed by atoms with Crippen molar-refractivity contribution in [3.63, 3.8) is 0 Å². The lowest BCUT2D eigenvalue weighted by atomic mass is 10.0. The molecule has 0 N–H and O–H groups in total. The molecule has 2 heterocycles. The van der Waals surface area contributed by atoms with Gasteiger partial charge in [-0.15, -0.1) is 0 Å². The molecule has 7 heteroatoms. The van der Waals surface area contributed by atoms with E-state index in [4.69, 9.17) is 0 Å². The quantitative estimate of drug-likeness (QED) is 0.805. The highest BCUT2D eigenvalue weighted by Crippen LogP contribution is 2.36. The molecule has 2 saturated heterocycles. The Labute approximate surface area is 136 Å². The molecule has 0 aromatic heterocycles. The molecule has 1 unspecified atom stereocenters. The van der Waals surface area contributed by atoms with Crippen molar-refractivity contribution < 1.29 is 18.2 Å². The van der Waals surface area contributed by atoms with Crippen LogP contribution >= 0.6 is 0 Å². The Kier molecular flexibility index (Phi) is 4.23. The Hall–Kier alpha value is -1.76. The van der Waals surface area contributed by atoms with Crippen LogP contribution in [0.5, 0.6) is 0 Å². The van der Waals surface area contributed by atoms with E-state index in [1.54, 1.807) is 29.0 Å². The van der Waals surface area contributed by atoms with E-state index in [0.29, 0.717) is 31.5 Å². The van der Waals surface area contributed by atoms with Crippen LogP contribution in [-0.2, 0) is 26.8 Å². The van der Waals surface area contributed by atoms with Crippen LogP contribution in [0.25, 0.3) is 0 Å². The summed E-state index contributed by atoms with van der Waals surface area (Å²) in [5, 5.41) is 0. The number of amides is 2. The number of rotatable bonds is 2. The van der Waals surface area contributed by atoms with Gasteiger partial charge in [-0.2, -0.15) is 0 Å². The fourth-order valence-electron chi connectivity index (χ4n) is 3.33. The van der Waals surface area contributed by atoms with Crippen LogP contribution in [-0.4, -0.2) is 56.6 Å². The van der Waals surface area contributed by atoms with Gasteiger partial charge in [-0.1, -0.05) is 12.1 Å². The van der Waals surface area contributed by atoms with Crippen LogP contribution in [0.3, 0.4) is 0 Å². The third-order valence-electron chi connectivity index (χ3n) is 4.81. The summed E-state index contributed by atoms with van der Waals surface area (Å²) in [5.74, 6) is -0.436. The van der Waals surface area contributed by atoms with Gasteiger partial charge in [0, 0.05) is 33.0 Å². The number of nitrogens with zero attached hydrogens (tertiary/aromatic N) is 2. The maximum atomic E-state index is 13.2. The molecule has 2 aliphatic rings. The van der Waals surface area contributed by atoms with Gasteiger partial charge in [-0.3, -0.25) is 13.8 Å². The van der Waals surface area contributed by atoms with Crippen molar-refractivity contribution in [1.82, 2.24) is 9.80 Å². The molecule has 1 spiro atoms. The molecule has 0 saturated carbocycles. The number of hydrogen-bond donors (Lipinski definition) is 0. The Bertz CT molecular complexity index is 671. The molecule has 3 rings (SSSR count). The molecule has 1 aromatic rings. The summed E-state index contributed by atoms with van der Waals surface area (Å²) in [5.41, 5.74) is 0.645. The van der Waals surface area contributed by atoms with Gasteiger partial charge in [0.1, 0.15) is 16.4 Å². The summed E-state index contributed by atoms with van der Waals surface area (Å²) in [6.07, 6.45) is 1.20. The summed E-state index contributed by atoms with van der Waals surface area (Å²) < 4.78 is 25.5. The van der Waals surface area contributed by atoms with Gasteiger partial charge in [-0.05, 0) is 17.7 Å². The first-order valence-corrected chi connectivity index (χ1v) is 8.92. The van der Waals surface area contributed by atoms with Crippen molar-refractivity contribution in [2.75, 3.05) is 25.9 Å². The van der Waals surface area contributed by atoms with Crippen LogP contribution in [0.4, 0.5) is 4.39 Å². The Morgan fingerprint density at radius 3 is 2.61 bits per heavy atom. The van der Waals surface area contributed by atoms with Gasteiger partial charge in [0.15, 0.2) is 0 Å². The monoisotopic (exact) mass is 338 g/mol. The SMILES string of the molecule is CN1C(=O)CS(=O)C12CCN(C(=O)Cc1cccc(F)c1)CC2. The molecule has 23 heavy (non-hydrogen) atoms. The average molecular weight is 338 g/mol. The topological polar surface area (TPSA) is 57.7 Å². The zero-order chi connectivity index (χ0) is 16.6. The standard InChI is InChI=1S/C16H19FN2O3S/c1-18-15(21)11-23(22)16(18)5-7-19(8-6-16)14(20)10-12-3-2-4-13(17)9-12/h2-4,9H,5-8,10-11H2,1H3. The molecule has 2 fully saturated rings. The summed E-state index contributed by atoms with van der Waals surface area (Å²) in [7, 11) is 0.483. The minimum Gasteiger partial charge on any atom is -0.342 e. The van der Waals surface area contributed by atoms with Crippen LogP contribution in [0.1, 0.15) is 18.4 Å². The number of carbonyl (C=O) groups is 2. The van der Waals surface area contributed by atoms with Gasteiger partial charge in [0.2, 0.25) is 11.8 Å². The zero-order valence-corrected chi connectivity index (χ0v) is 13.8. The highest BCUT2D eigenvalue weighted by Gasteiger charge is 2.51. The number of benzene rings is 1. The number of halogens is 1. The van der Waals surface area contributed by atoms with E-state index in [2.05, 4.69) is 0 Å². The average Bonchev–Trinajstić information content (AvgIpc) is 2.72. The van der Waals surface area contributed by atoms with Gasteiger partial charge in [-0.25, -0.2) is 4.39 Å². The number of hydrogen-bond acceptors (Lipinski definition) is 3. The molecular weight excluding hydrogens is 319 g/mol. The highest BCUT2D eigenvalue weighted by molar-refractivity contribution is 7.87. The Morgan fingerprint density at radius 1 is 1.35 bits per heavy atom. The fourth-order valence-corrected chi connectivity index (χ4v) is 5.06. The lowest BCUT2D eigenvalue weighted by Gasteiger charge is -2.42. The first kappa shape index (κ1) is 16.1. The van der Waals surface area contributed by atoms with Crippen LogP contribution in [0.2, 0.25) is 0 Å². The Balaban J connectivity index is 1.64. The molecule has 2 aliphatic heterocycles. The smallest absolute Gasteiger partial charge is 0.236 e. The van der Waals surface area contributed by atoms with Crippen molar-refractivity contribution >= 4 is 22.6 Å². The summed E-state index contributed by atoms with van der Waals surface area (Å²) in [6.45, 7) is 0.940. The molecule has 2 amide bonds. The molecule has 1 atom stereocenters. The predicted molar refractivity (Wildman–Crippen MR) is 84.4 cm³/mol. The first-order valence-electron chi connectivity index (χ1n) is 7.60. The molecular formula is C16H19FN2O3S. The van der Waals surface area contributed by atoms with Gasteiger partial charge >= 0.3 is 0 Å². The van der Waals surface area contributed by atoms with Crippen molar-refractivity contribution in [1.29, 1.82) is 0 Å². The highest BCUT2D eigenvalue weighted by atomic mass is 32.2. The lowest BCUT2D eigenvalue weighted by molar-refractivity contribution is -0.134. The van der Waals surface area contributed by atoms with Gasteiger partial charge in [0.25, 0.3) is 0 Å². The maximum absolute atomic E-state index is 13.2. The normalized spacial score (nSPS) is 23.6. The van der Waals surface area contributed by atoms with E-state index < -0.39 is 15.7 Å². The summed E-state index contributed by atoms with van der Waals surface area (Å²) >= 11 is 0. The molecule has 0 aliphatic carbocycles. The van der Waals surface area contributed by atoms with Crippen molar-refractivity contribution in [2.45, 2.75) is 24.1 Å². The van der Waals surface area contributed by atoms with Crippen molar-refractivity contribution in [3.05, 3.63) is 35.6 Å². The third kappa shape index (κ3) is 2.89. The first-order chi connectivity index (χ1) is 10.9. The molecule has 0 bridgehead atoms. The van der Waals surface area contributed by atoms with E-state index in [1.807, 2.05) is 0 Å². The second-order valence-corrected chi connectivity index (χ2v) is 7.82. The summed E-state index contributed by atoms with van der Waals surface area (Å²) in [4.78, 5) is 26.8. The minimum atomic E-state index is -1.21.